The maximum absolute atomic E-state index is 13.8. The molecule has 3 aromatic rings. The van der Waals surface area contributed by atoms with Crippen LogP contribution in [0.2, 0.25) is 0 Å². The van der Waals surface area contributed by atoms with Crippen molar-refractivity contribution in [3.05, 3.63) is 84.3 Å². The summed E-state index contributed by atoms with van der Waals surface area (Å²) in [6.07, 6.45) is 7.45. The molecule has 38 heavy (non-hydrogen) atoms. The van der Waals surface area contributed by atoms with Gasteiger partial charge in [0.1, 0.15) is 5.41 Å². The molecule has 1 aromatic heterocycles. The molecule has 0 bridgehead atoms. The van der Waals surface area contributed by atoms with Crippen LogP contribution in [-0.4, -0.2) is 51.0 Å². The van der Waals surface area contributed by atoms with Crippen molar-refractivity contribution in [3.63, 3.8) is 0 Å². The highest BCUT2D eigenvalue weighted by atomic mass is 16.3. The molecule has 1 aliphatic carbocycles. The molecule has 2 fully saturated rings. The van der Waals surface area contributed by atoms with Gasteiger partial charge >= 0.3 is 0 Å². The number of carbonyl (C=O) groups is 1. The molecule has 0 unspecified atom stereocenters. The molecule has 2 aromatic carbocycles. The van der Waals surface area contributed by atoms with Crippen molar-refractivity contribution in [1.82, 2.24) is 14.8 Å². The molecular formula is C31H35N5O2. The molecular weight excluding hydrogens is 474 g/mol. The number of carbonyl (C=O) groups excluding carboxylic acids is 1. The minimum Gasteiger partial charge on any atom is -0.398 e. The van der Waals surface area contributed by atoms with E-state index in [0.717, 1.165) is 54.4 Å². The standard InChI is InChI=1S/C31H35N5O2/c1-2-36(26-11-5-6-12-27(26)37)30(38)25-19-22(23-9-3-4-10-24(23)29(25)33)20-35-17-14-31(21-32,15-18-35)28-13-7-8-16-34-28/h2-4,7-10,13,16,19,26-27,37H,1,5-6,11-12,14-15,17-18,20,33H2/t26-,27-/m0/s1. The van der Waals surface area contributed by atoms with E-state index in [-0.39, 0.29) is 11.9 Å². The van der Waals surface area contributed by atoms with Gasteiger partial charge in [-0.05, 0) is 54.8 Å². The summed E-state index contributed by atoms with van der Waals surface area (Å²) >= 11 is 0. The normalized spacial score (nSPS) is 21.5. The first-order valence-corrected chi connectivity index (χ1v) is 13.5. The predicted molar refractivity (Wildman–Crippen MR) is 149 cm³/mol. The number of aliphatic hydroxyl groups excluding tert-OH is 1. The van der Waals surface area contributed by atoms with Crippen molar-refractivity contribution >= 4 is 22.4 Å². The van der Waals surface area contributed by atoms with Crippen LogP contribution in [0, 0.1) is 11.3 Å². The number of aliphatic hydroxyl groups is 1. The van der Waals surface area contributed by atoms with Crippen molar-refractivity contribution in [2.75, 3.05) is 18.8 Å². The average Bonchev–Trinajstić information content (AvgIpc) is 2.97. The minimum atomic E-state index is -0.576. The van der Waals surface area contributed by atoms with Gasteiger partial charge in [0.2, 0.25) is 0 Å². The van der Waals surface area contributed by atoms with E-state index in [1.807, 2.05) is 48.5 Å². The molecule has 7 heteroatoms. The summed E-state index contributed by atoms with van der Waals surface area (Å²) < 4.78 is 0. The van der Waals surface area contributed by atoms with Gasteiger partial charge in [-0.25, -0.2) is 0 Å². The number of piperidine rings is 1. The van der Waals surface area contributed by atoms with Crippen LogP contribution >= 0.6 is 0 Å². The van der Waals surface area contributed by atoms with Crippen molar-refractivity contribution in [3.8, 4) is 6.07 Å². The van der Waals surface area contributed by atoms with E-state index in [2.05, 4.69) is 22.5 Å². The summed E-state index contributed by atoms with van der Waals surface area (Å²) in [5.74, 6) is -0.229. The average molecular weight is 510 g/mol. The Morgan fingerprint density at radius 2 is 1.89 bits per heavy atom. The molecule has 1 saturated heterocycles. The van der Waals surface area contributed by atoms with Gasteiger partial charge in [0.25, 0.3) is 5.91 Å². The number of hydrogen-bond donors (Lipinski definition) is 2. The van der Waals surface area contributed by atoms with Crippen LogP contribution in [0.15, 0.2) is 67.5 Å². The number of amides is 1. The molecule has 2 atom stereocenters. The van der Waals surface area contributed by atoms with Gasteiger partial charge in [0.15, 0.2) is 0 Å². The van der Waals surface area contributed by atoms with Crippen LogP contribution in [0.5, 0.6) is 0 Å². The van der Waals surface area contributed by atoms with Crippen molar-refractivity contribution in [2.45, 2.75) is 62.6 Å². The minimum absolute atomic E-state index is 0.229. The fourth-order valence-electron chi connectivity index (χ4n) is 6.11. The molecule has 1 saturated carbocycles. The SMILES string of the molecule is C=CN(C(=O)c1cc(CN2CCC(C#N)(c3ccccn3)CC2)c2ccccc2c1N)[C@H]1CCCC[C@@H]1O. The smallest absolute Gasteiger partial charge is 0.260 e. The lowest BCUT2D eigenvalue weighted by atomic mass is 9.76. The summed E-state index contributed by atoms with van der Waals surface area (Å²) in [4.78, 5) is 22.2. The van der Waals surface area contributed by atoms with Crippen LogP contribution in [-0.2, 0) is 12.0 Å². The van der Waals surface area contributed by atoms with E-state index in [4.69, 9.17) is 5.73 Å². The number of benzene rings is 2. The Kier molecular flexibility index (Phi) is 7.46. The number of aromatic nitrogens is 1. The van der Waals surface area contributed by atoms with Crippen LogP contribution in [0.3, 0.4) is 0 Å². The third-order valence-electron chi connectivity index (χ3n) is 8.36. The maximum Gasteiger partial charge on any atom is 0.260 e. The molecule has 7 nitrogen and oxygen atoms in total. The quantitative estimate of drug-likeness (QED) is 0.464. The molecule has 3 N–H and O–H groups in total. The summed E-state index contributed by atoms with van der Waals surface area (Å²) in [5, 5.41) is 22.5. The lowest BCUT2D eigenvalue weighted by Gasteiger charge is -2.37. The fourth-order valence-corrected chi connectivity index (χ4v) is 6.11. The first kappa shape index (κ1) is 25.9. The Balaban J connectivity index is 1.43. The summed E-state index contributed by atoms with van der Waals surface area (Å²) in [5.41, 5.74) is 8.76. The Labute approximate surface area is 224 Å². The van der Waals surface area contributed by atoms with Crippen LogP contribution < -0.4 is 5.73 Å². The number of anilines is 1. The van der Waals surface area contributed by atoms with Gasteiger partial charge in [-0.15, -0.1) is 0 Å². The first-order valence-electron chi connectivity index (χ1n) is 13.5. The van der Waals surface area contributed by atoms with Gasteiger partial charge in [0, 0.05) is 37.4 Å². The number of nitrogens with two attached hydrogens (primary N) is 1. The molecule has 1 amide bonds. The number of rotatable bonds is 6. The highest BCUT2D eigenvalue weighted by molar-refractivity contribution is 6.09. The van der Waals surface area contributed by atoms with E-state index < -0.39 is 11.5 Å². The summed E-state index contributed by atoms with van der Waals surface area (Å²) in [6, 6.07) is 17.8. The zero-order valence-corrected chi connectivity index (χ0v) is 21.7. The number of nitrogens with zero attached hydrogens (tertiary/aromatic N) is 4. The van der Waals surface area contributed by atoms with Crippen LogP contribution in [0.1, 0.15) is 60.1 Å². The third kappa shape index (κ3) is 4.78. The largest absolute Gasteiger partial charge is 0.398 e. The number of fused-ring (bicyclic) bond motifs is 1. The van der Waals surface area contributed by atoms with Gasteiger partial charge in [0.05, 0.1) is 35.2 Å². The molecule has 2 heterocycles. The molecule has 1 aliphatic heterocycles. The van der Waals surface area contributed by atoms with Gasteiger partial charge in [-0.3, -0.25) is 14.7 Å². The number of pyridine rings is 1. The maximum atomic E-state index is 13.8. The Bertz CT molecular complexity index is 1360. The highest BCUT2D eigenvalue weighted by Crippen LogP contribution is 2.36. The monoisotopic (exact) mass is 509 g/mol. The predicted octanol–water partition coefficient (Wildman–Crippen LogP) is 4.76. The van der Waals surface area contributed by atoms with Crippen LogP contribution in [0.4, 0.5) is 5.69 Å². The first-order chi connectivity index (χ1) is 18.5. The number of likely N-dealkylation sites (tertiary alicyclic amines) is 1. The van der Waals surface area contributed by atoms with E-state index in [1.54, 1.807) is 11.1 Å². The molecule has 5 rings (SSSR count). The third-order valence-corrected chi connectivity index (χ3v) is 8.36. The van der Waals surface area contributed by atoms with Crippen molar-refractivity contribution in [1.29, 1.82) is 5.26 Å². The second-order valence-corrected chi connectivity index (χ2v) is 10.5. The van der Waals surface area contributed by atoms with E-state index in [0.29, 0.717) is 37.1 Å². The lowest BCUT2D eigenvalue weighted by Crippen LogP contribution is -2.45. The number of hydrogen-bond acceptors (Lipinski definition) is 6. The van der Waals surface area contributed by atoms with Crippen molar-refractivity contribution in [2.24, 2.45) is 0 Å². The fraction of sp³-hybridized carbons (Fsp3) is 0.387. The van der Waals surface area contributed by atoms with E-state index in [1.165, 1.54) is 6.20 Å². The Hall–Kier alpha value is -3.73. The van der Waals surface area contributed by atoms with E-state index in [9.17, 15) is 15.2 Å². The zero-order valence-electron chi connectivity index (χ0n) is 21.7. The van der Waals surface area contributed by atoms with E-state index >= 15 is 0 Å². The zero-order chi connectivity index (χ0) is 26.7. The van der Waals surface area contributed by atoms with Crippen molar-refractivity contribution < 1.29 is 9.90 Å². The second kappa shape index (κ2) is 10.9. The van der Waals surface area contributed by atoms with Gasteiger partial charge in [-0.2, -0.15) is 5.26 Å². The molecule has 196 valence electrons. The topological polar surface area (TPSA) is 106 Å². The summed E-state index contributed by atoms with van der Waals surface area (Å²) in [7, 11) is 0. The molecule has 0 radical (unpaired) electrons. The number of nitrogen functional groups attached to an aromatic ring is 1. The Morgan fingerprint density at radius 3 is 2.55 bits per heavy atom. The molecule has 0 spiro atoms. The second-order valence-electron chi connectivity index (χ2n) is 10.5. The Morgan fingerprint density at radius 1 is 1.18 bits per heavy atom. The van der Waals surface area contributed by atoms with Gasteiger partial charge in [-0.1, -0.05) is 49.8 Å². The lowest BCUT2D eigenvalue weighted by molar-refractivity contribution is 0.0337. The van der Waals surface area contributed by atoms with Crippen LogP contribution in [0.25, 0.3) is 10.8 Å². The van der Waals surface area contributed by atoms with Gasteiger partial charge < -0.3 is 15.7 Å². The molecule has 2 aliphatic rings. The highest BCUT2D eigenvalue weighted by Gasteiger charge is 2.38. The summed E-state index contributed by atoms with van der Waals surface area (Å²) in [6.45, 7) is 6.03. The number of nitriles is 1.